The molecule has 1 saturated heterocycles. The molecule has 0 bridgehead atoms. The van der Waals surface area contributed by atoms with E-state index >= 15 is 0 Å². The van der Waals surface area contributed by atoms with Crippen LogP contribution >= 0.6 is 11.3 Å². The quantitative estimate of drug-likeness (QED) is 0.812. The predicted octanol–water partition coefficient (Wildman–Crippen LogP) is 3.78. The van der Waals surface area contributed by atoms with Crippen LogP contribution in [0.4, 0.5) is 0 Å². The molecule has 0 unspecified atom stereocenters. The van der Waals surface area contributed by atoms with Gasteiger partial charge in [0.15, 0.2) is 5.78 Å². The Labute approximate surface area is 146 Å². The van der Waals surface area contributed by atoms with Crippen molar-refractivity contribution >= 4 is 17.1 Å². The van der Waals surface area contributed by atoms with Crippen molar-refractivity contribution in [3.8, 4) is 5.88 Å². The van der Waals surface area contributed by atoms with Crippen LogP contribution in [0.3, 0.4) is 0 Å². The lowest BCUT2D eigenvalue weighted by Gasteiger charge is -2.22. The van der Waals surface area contributed by atoms with E-state index in [1.165, 1.54) is 0 Å². The Hall–Kier alpha value is -1.72. The molecule has 0 aromatic carbocycles. The molecule has 5 heteroatoms. The number of Topliss-reactive ketones (excluding diaryl/α,β-unsaturated/α-hetero) is 1. The van der Waals surface area contributed by atoms with Crippen LogP contribution in [0, 0.1) is 5.92 Å². The molecule has 2 aliphatic rings. The lowest BCUT2D eigenvalue weighted by Crippen LogP contribution is -2.27. The molecule has 24 heavy (non-hydrogen) atoms. The molecule has 2 aromatic heterocycles. The average Bonchev–Trinajstić information content (AvgIpc) is 3.38. The number of thiophene rings is 1. The first-order valence-electron chi connectivity index (χ1n) is 8.73. The second kappa shape index (κ2) is 7.03. The van der Waals surface area contributed by atoms with Crippen molar-refractivity contribution in [3.63, 3.8) is 0 Å². The molecule has 1 saturated carbocycles. The van der Waals surface area contributed by atoms with Gasteiger partial charge in [0.05, 0.1) is 4.88 Å². The minimum absolute atomic E-state index is 0.278. The molecule has 0 radical (unpaired) electrons. The summed E-state index contributed by atoms with van der Waals surface area (Å²) in [6.45, 7) is 2.60. The Kier molecular flexibility index (Phi) is 4.63. The SMILES string of the molecule is O=C(c1ccc(COc2cccc(C3CCNCC3)n2)s1)C1CC1. The summed E-state index contributed by atoms with van der Waals surface area (Å²) in [6.07, 6.45) is 4.37. The van der Waals surface area contributed by atoms with Gasteiger partial charge < -0.3 is 10.1 Å². The molecular formula is C19H22N2O2S. The van der Waals surface area contributed by atoms with E-state index in [-0.39, 0.29) is 5.92 Å². The van der Waals surface area contributed by atoms with Gasteiger partial charge in [-0.1, -0.05) is 6.07 Å². The molecule has 4 rings (SSSR count). The summed E-state index contributed by atoms with van der Waals surface area (Å²) < 4.78 is 5.87. The van der Waals surface area contributed by atoms with Crippen LogP contribution in [-0.2, 0) is 6.61 Å². The number of pyridine rings is 1. The van der Waals surface area contributed by atoms with Crippen molar-refractivity contribution in [1.29, 1.82) is 0 Å². The molecule has 4 nitrogen and oxygen atoms in total. The van der Waals surface area contributed by atoms with Crippen LogP contribution < -0.4 is 10.1 Å². The zero-order valence-corrected chi connectivity index (χ0v) is 14.5. The van der Waals surface area contributed by atoms with Gasteiger partial charge in [-0.15, -0.1) is 11.3 Å². The number of ether oxygens (including phenoxy) is 1. The van der Waals surface area contributed by atoms with Crippen LogP contribution in [0.2, 0.25) is 0 Å². The van der Waals surface area contributed by atoms with E-state index in [1.807, 2.05) is 24.3 Å². The maximum atomic E-state index is 12.1. The second-order valence-corrected chi connectivity index (χ2v) is 7.79. The lowest BCUT2D eigenvalue weighted by atomic mass is 9.94. The number of rotatable bonds is 6. The maximum absolute atomic E-state index is 12.1. The highest BCUT2D eigenvalue weighted by molar-refractivity contribution is 7.14. The van der Waals surface area contributed by atoms with Crippen LogP contribution in [-0.4, -0.2) is 23.9 Å². The molecule has 126 valence electrons. The molecule has 1 N–H and O–H groups in total. The van der Waals surface area contributed by atoms with Gasteiger partial charge in [0.2, 0.25) is 5.88 Å². The molecule has 2 fully saturated rings. The average molecular weight is 342 g/mol. The summed E-state index contributed by atoms with van der Waals surface area (Å²) in [5.74, 6) is 1.78. The summed E-state index contributed by atoms with van der Waals surface area (Å²) >= 11 is 1.55. The number of carbonyl (C=O) groups excluding carboxylic acids is 1. The van der Waals surface area contributed by atoms with Crippen molar-refractivity contribution in [2.24, 2.45) is 5.92 Å². The maximum Gasteiger partial charge on any atom is 0.213 e. The van der Waals surface area contributed by atoms with E-state index in [2.05, 4.69) is 16.4 Å². The number of carbonyl (C=O) groups is 1. The van der Waals surface area contributed by atoms with Gasteiger partial charge in [-0.25, -0.2) is 4.98 Å². The van der Waals surface area contributed by atoms with E-state index in [1.54, 1.807) is 11.3 Å². The molecule has 2 aromatic rings. The zero-order chi connectivity index (χ0) is 16.4. The third-order valence-electron chi connectivity index (χ3n) is 4.72. The number of ketones is 1. The van der Waals surface area contributed by atoms with E-state index in [0.29, 0.717) is 24.2 Å². The van der Waals surface area contributed by atoms with E-state index in [0.717, 1.165) is 54.2 Å². The third-order valence-corrected chi connectivity index (χ3v) is 5.79. The number of nitrogens with one attached hydrogen (secondary N) is 1. The van der Waals surface area contributed by atoms with Crippen LogP contribution in [0.15, 0.2) is 30.3 Å². The normalized spacial score (nSPS) is 18.5. The van der Waals surface area contributed by atoms with E-state index < -0.39 is 0 Å². The molecule has 0 spiro atoms. The largest absolute Gasteiger partial charge is 0.472 e. The minimum Gasteiger partial charge on any atom is -0.472 e. The lowest BCUT2D eigenvalue weighted by molar-refractivity contribution is 0.0971. The van der Waals surface area contributed by atoms with Crippen molar-refractivity contribution in [1.82, 2.24) is 10.3 Å². The topological polar surface area (TPSA) is 51.2 Å². The van der Waals surface area contributed by atoms with Gasteiger partial charge >= 0.3 is 0 Å². The summed E-state index contributed by atoms with van der Waals surface area (Å²) in [6, 6.07) is 9.96. The van der Waals surface area contributed by atoms with Crippen LogP contribution in [0.5, 0.6) is 5.88 Å². The summed E-state index contributed by atoms with van der Waals surface area (Å²) in [5.41, 5.74) is 1.13. The van der Waals surface area contributed by atoms with Gasteiger partial charge in [-0.3, -0.25) is 4.79 Å². The smallest absolute Gasteiger partial charge is 0.213 e. The summed E-state index contributed by atoms with van der Waals surface area (Å²) in [5, 5.41) is 3.38. The number of aromatic nitrogens is 1. The van der Waals surface area contributed by atoms with Crippen molar-refractivity contribution in [2.75, 3.05) is 13.1 Å². The first-order chi connectivity index (χ1) is 11.8. The molecule has 1 aliphatic carbocycles. The molecule has 1 aliphatic heterocycles. The van der Waals surface area contributed by atoms with E-state index in [4.69, 9.17) is 4.74 Å². The fraction of sp³-hybridized carbons (Fsp3) is 0.474. The number of piperidine rings is 1. The van der Waals surface area contributed by atoms with Gasteiger partial charge in [0.25, 0.3) is 0 Å². The molecule has 3 heterocycles. The highest BCUT2D eigenvalue weighted by atomic mass is 32.1. The highest BCUT2D eigenvalue weighted by Crippen LogP contribution is 2.34. The number of hydrogen-bond donors (Lipinski definition) is 1. The van der Waals surface area contributed by atoms with Gasteiger partial charge in [-0.05, 0) is 57.0 Å². The fourth-order valence-corrected chi connectivity index (χ4v) is 4.08. The Morgan fingerprint density at radius 1 is 1.17 bits per heavy atom. The second-order valence-electron chi connectivity index (χ2n) is 6.62. The minimum atomic E-state index is 0.278. The van der Waals surface area contributed by atoms with Gasteiger partial charge in [0.1, 0.15) is 6.61 Å². The third kappa shape index (κ3) is 3.68. The summed E-state index contributed by atoms with van der Waals surface area (Å²) in [4.78, 5) is 18.7. The van der Waals surface area contributed by atoms with Gasteiger partial charge in [-0.2, -0.15) is 0 Å². The van der Waals surface area contributed by atoms with Crippen LogP contribution in [0.25, 0.3) is 0 Å². The van der Waals surface area contributed by atoms with E-state index in [9.17, 15) is 4.79 Å². The molecule has 0 atom stereocenters. The Morgan fingerprint density at radius 3 is 2.79 bits per heavy atom. The fourth-order valence-electron chi connectivity index (χ4n) is 3.14. The molecule has 0 amide bonds. The van der Waals surface area contributed by atoms with Crippen molar-refractivity contribution in [2.45, 2.75) is 38.2 Å². The standard InChI is InChI=1S/C19H22N2O2S/c22-19(14-4-5-14)17-7-6-15(24-17)12-23-18-3-1-2-16(21-18)13-8-10-20-11-9-13/h1-3,6-7,13-14,20H,4-5,8-12H2. The Morgan fingerprint density at radius 2 is 2.00 bits per heavy atom. The highest BCUT2D eigenvalue weighted by Gasteiger charge is 2.31. The Balaban J connectivity index is 1.37. The monoisotopic (exact) mass is 342 g/mol. The first kappa shape index (κ1) is 15.8. The number of nitrogens with zero attached hydrogens (tertiary/aromatic N) is 1. The van der Waals surface area contributed by atoms with Crippen LogP contribution in [0.1, 0.15) is 51.8 Å². The number of hydrogen-bond acceptors (Lipinski definition) is 5. The van der Waals surface area contributed by atoms with Crippen molar-refractivity contribution in [3.05, 3.63) is 45.8 Å². The zero-order valence-electron chi connectivity index (χ0n) is 13.7. The predicted molar refractivity (Wildman–Crippen MR) is 94.8 cm³/mol. The Bertz CT molecular complexity index is 718. The van der Waals surface area contributed by atoms with Gasteiger partial charge in [0, 0.05) is 28.5 Å². The first-order valence-corrected chi connectivity index (χ1v) is 9.54. The van der Waals surface area contributed by atoms with Crippen molar-refractivity contribution < 1.29 is 9.53 Å². The molecular weight excluding hydrogens is 320 g/mol. The summed E-state index contributed by atoms with van der Waals surface area (Å²) in [7, 11) is 0.